The van der Waals surface area contributed by atoms with Gasteiger partial charge in [0.05, 0.1) is 12.2 Å². The van der Waals surface area contributed by atoms with E-state index in [2.05, 4.69) is 9.80 Å². The van der Waals surface area contributed by atoms with Crippen molar-refractivity contribution >= 4 is 17.3 Å². The SMILES string of the molecule is O=C(O)c1ccsc1CN1CCN(CCO)CC1. The number of hydrogen-bond donors (Lipinski definition) is 2. The van der Waals surface area contributed by atoms with E-state index in [-0.39, 0.29) is 6.61 Å². The van der Waals surface area contributed by atoms with Gasteiger partial charge in [0, 0.05) is 44.1 Å². The Labute approximate surface area is 110 Å². The molecule has 0 atom stereocenters. The van der Waals surface area contributed by atoms with Gasteiger partial charge in [-0.3, -0.25) is 9.80 Å². The zero-order valence-electron chi connectivity index (χ0n) is 10.2. The number of β-amino-alcohol motifs (C(OH)–C–C–N with tert-alkyl or cyclic N) is 1. The fourth-order valence-corrected chi connectivity index (χ4v) is 3.08. The summed E-state index contributed by atoms with van der Waals surface area (Å²) in [5.74, 6) is -0.842. The van der Waals surface area contributed by atoms with Crippen LogP contribution in [0.25, 0.3) is 0 Å². The van der Waals surface area contributed by atoms with Gasteiger partial charge in [-0.25, -0.2) is 4.79 Å². The summed E-state index contributed by atoms with van der Waals surface area (Å²) < 4.78 is 0. The van der Waals surface area contributed by atoms with Crippen molar-refractivity contribution in [1.82, 2.24) is 9.80 Å². The molecule has 5 nitrogen and oxygen atoms in total. The summed E-state index contributed by atoms with van der Waals surface area (Å²) in [5.41, 5.74) is 0.429. The van der Waals surface area contributed by atoms with E-state index in [1.54, 1.807) is 6.07 Å². The van der Waals surface area contributed by atoms with Gasteiger partial charge in [-0.15, -0.1) is 11.3 Å². The molecule has 2 heterocycles. The molecule has 0 spiro atoms. The highest BCUT2D eigenvalue weighted by molar-refractivity contribution is 7.10. The molecule has 0 aliphatic carbocycles. The summed E-state index contributed by atoms with van der Waals surface area (Å²) >= 11 is 1.51. The van der Waals surface area contributed by atoms with E-state index in [0.29, 0.717) is 12.1 Å². The number of aliphatic hydroxyl groups excluding tert-OH is 1. The molecule has 6 heteroatoms. The van der Waals surface area contributed by atoms with E-state index >= 15 is 0 Å². The Balaban J connectivity index is 1.88. The van der Waals surface area contributed by atoms with Crippen LogP contribution in [-0.4, -0.2) is 65.3 Å². The fraction of sp³-hybridized carbons (Fsp3) is 0.583. The van der Waals surface area contributed by atoms with Crippen LogP contribution >= 0.6 is 11.3 Å². The smallest absolute Gasteiger partial charge is 0.336 e. The first-order chi connectivity index (χ1) is 8.70. The first kappa shape index (κ1) is 13.5. The van der Waals surface area contributed by atoms with Gasteiger partial charge >= 0.3 is 5.97 Å². The Bertz CT molecular complexity index is 400. The lowest BCUT2D eigenvalue weighted by Gasteiger charge is -2.34. The van der Waals surface area contributed by atoms with Crippen molar-refractivity contribution in [3.63, 3.8) is 0 Å². The second-order valence-electron chi connectivity index (χ2n) is 4.40. The summed E-state index contributed by atoms with van der Waals surface area (Å²) in [4.78, 5) is 16.4. The van der Waals surface area contributed by atoms with Gasteiger partial charge in [0.1, 0.15) is 0 Å². The Morgan fingerprint density at radius 2 is 1.94 bits per heavy atom. The van der Waals surface area contributed by atoms with Gasteiger partial charge in [-0.1, -0.05) is 0 Å². The van der Waals surface area contributed by atoms with Crippen LogP contribution in [0.3, 0.4) is 0 Å². The van der Waals surface area contributed by atoms with Crippen LogP contribution in [0, 0.1) is 0 Å². The first-order valence-corrected chi connectivity index (χ1v) is 6.94. The summed E-state index contributed by atoms with van der Waals surface area (Å²) in [5, 5.41) is 19.8. The molecule has 18 heavy (non-hydrogen) atoms. The predicted molar refractivity (Wildman–Crippen MR) is 70.1 cm³/mol. The molecule has 0 radical (unpaired) electrons. The second kappa shape index (κ2) is 6.29. The van der Waals surface area contributed by atoms with Crippen LogP contribution < -0.4 is 0 Å². The third-order valence-electron chi connectivity index (χ3n) is 3.22. The van der Waals surface area contributed by atoms with Gasteiger partial charge in [-0.2, -0.15) is 0 Å². The molecule has 0 unspecified atom stereocenters. The van der Waals surface area contributed by atoms with Crippen molar-refractivity contribution in [2.75, 3.05) is 39.3 Å². The zero-order valence-corrected chi connectivity index (χ0v) is 11.0. The fourth-order valence-electron chi connectivity index (χ4n) is 2.17. The Hall–Kier alpha value is -0.950. The first-order valence-electron chi connectivity index (χ1n) is 6.06. The molecular weight excluding hydrogens is 252 g/mol. The number of carboxylic acid groups (broad SMARTS) is 1. The highest BCUT2D eigenvalue weighted by atomic mass is 32.1. The van der Waals surface area contributed by atoms with Crippen LogP contribution in [0.15, 0.2) is 11.4 Å². The number of hydrogen-bond acceptors (Lipinski definition) is 5. The van der Waals surface area contributed by atoms with E-state index in [1.165, 1.54) is 11.3 Å². The number of aliphatic hydroxyl groups is 1. The second-order valence-corrected chi connectivity index (χ2v) is 5.40. The molecule has 1 aromatic heterocycles. The molecule has 1 aliphatic heterocycles. The highest BCUT2D eigenvalue weighted by Crippen LogP contribution is 2.19. The van der Waals surface area contributed by atoms with Crippen molar-refractivity contribution in [2.24, 2.45) is 0 Å². The van der Waals surface area contributed by atoms with E-state index < -0.39 is 5.97 Å². The number of piperazine rings is 1. The monoisotopic (exact) mass is 270 g/mol. The van der Waals surface area contributed by atoms with E-state index in [1.807, 2.05) is 5.38 Å². The quantitative estimate of drug-likeness (QED) is 0.818. The number of nitrogens with zero attached hydrogens (tertiary/aromatic N) is 2. The molecule has 2 rings (SSSR count). The summed E-state index contributed by atoms with van der Waals surface area (Å²) in [6.07, 6.45) is 0. The predicted octanol–water partition coefficient (Wildman–Crippen LogP) is 0.556. The minimum Gasteiger partial charge on any atom is -0.478 e. The van der Waals surface area contributed by atoms with Crippen LogP contribution in [0.4, 0.5) is 0 Å². The number of aromatic carboxylic acids is 1. The largest absolute Gasteiger partial charge is 0.478 e. The maximum Gasteiger partial charge on any atom is 0.336 e. The van der Waals surface area contributed by atoms with Crippen molar-refractivity contribution in [2.45, 2.75) is 6.54 Å². The van der Waals surface area contributed by atoms with Crippen LogP contribution in [0.5, 0.6) is 0 Å². The van der Waals surface area contributed by atoms with Gasteiger partial charge in [-0.05, 0) is 11.4 Å². The van der Waals surface area contributed by atoms with Gasteiger partial charge < -0.3 is 10.2 Å². The van der Waals surface area contributed by atoms with Crippen LogP contribution in [0.1, 0.15) is 15.2 Å². The molecule has 1 saturated heterocycles. The standard InChI is InChI=1S/C12H18N2O3S/c15-7-6-13-2-4-14(5-3-13)9-11-10(12(16)17)1-8-18-11/h1,8,15H,2-7,9H2,(H,16,17). The molecule has 1 aromatic rings. The van der Waals surface area contributed by atoms with E-state index in [9.17, 15) is 4.79 Å². The summed E-state index contributed by atoms with van der Waals surface area (Å²) in [7, 11) is 0. The zero-order chi connectivity index (χ0) is 13.0. The maximum absolute atomic E-state index is 11.0. The summed E-state index contributed by atoms with van der Waals surface area (Å²) in [6.45, 7) is 5.38. The third-order valence-corrected chi connectivity index (χ3v) is 4.13. The van der Waals surface area contributed by atoms with Gasteiger partial charge in [0.25, 0.3) is 0 Å². The van der Waals surface area contributed by atoms with Crippen molar-refractivity contribution in [1.29, 1.82) is 0 Å². The lowest BCUT2D eigenvalue weighted by atomic mass is 10.2. The number of carboxylic acids is 1. The Morgan fingerprint density at radius 1 is 1.28 bits per heavy atom. The average Bonchev–Trinajstić information content (AvgIpc) is 2.80. The lowest BCUT2D eigenvalue weighted by Crippen LogP contribution is -2.46. The highest BCUT2D eigenvalue weighted by Gasteiger charge is 2.19. The molecule has 1 fully saturated rings. The minimum absolute atomic E-state index is 0.202. The van der Waals surface area contributed by atoms with Gasteiger partial charge in [0.15, 0.2) is 0 Å². The molecule has 0 saturated carbocycles. The number of thiophene rings is 1. The lowest BCUT2D eigenvalue weighted by molar-refractivity contribution is 0.0693. The summed E-state index contributed by atoms with van der Waals surface area (Å²) in [6, 6.07) is 1.67. The molecule has 100 valence electrons. The van der Waals surface area contributed by atoms with Crippen molar-refractivity contribution < 1.29 is 15.0 Å². The minimum atomic E-state index is -0.842. The number of carbonyl (C=O) groups is 1. The van der Waals surface area contributed by atoms with E-state index in [4.69, 9.17) is 10.2 Å². The van der Waals surface area contributed by atoms with E-state index in [0.717, 1.165) is 37.6 Å². The molecule has 0 bridgehead atoms. The Morgan fingerprint density at radius 3 is 2.56 bits per heavy atom. The molecule has 0 amide bonds. The molecule has 1 aliphatic rings. The maximum atomic E-state index is 11.0. The topological polar surface area (TPSA) is 64.0 Å². The Kier molecular flexibility index (Phi) is 4.71. The number of rotatable bonds is 5. The van der Waals surface area contributed by atoms with Crippen molar-refractivity contribution in [3.8, 4) is 0 Å². The average molecular weight is 270 g/mol. The van der Waals surface area contributed by atoms with Crippen LogP contribution in [0.2, 0.25) is 0 Å². The van der Waals surface area contributed by atoms with Crippen LogP contribution in [-0.2, 0) is 6.54 Å². The molecule has 0 aromatic carbocycles. The molecular formula is C12H18N2O3S. The molecule has 2 N–H and O–H groups in total. The van der Waals surface area contributed by atoms with Crippen molar-refractivity contribution in [3.05, 3.63) is 21.9 Å². The van der Waals surface area contributed by atoms with Gasteiger partial charge in [0.2, 0.25) is 0 Å². The normalized spacial score (nSPS) is 18.1. The third kappa shape index (κ3) is 3.29.